The second-order valence-electron chi connectivity index (χ2n) is 6.72. The number of hydrogen-bond acceptors (Lipinski definition) is 4. The summed E-state index contributed by atoms with van der Waals surface area (Å²) in [6, 6.07) is 1.94. The molecule has 6 heteroatoms. The lowest BCUT2D eigenvalue weighted by atomic mass is 10.1. The molecule has 1 aromatic heterocycles. The highest BCUT2D eigenvalue weighted by Crippen LogP contribution is 2.20. The first-order valence-electron chi connectivity index (χ1n) is 7.56. The van der Waals surface area contributed by atoms with Crippen LogP contribution in [0.5, 0.6) is 0 Å². The van der Waals surface area contributed by atoms with E-state index < -0.39 is 5.60 Å². The molecule has 1 aliphatic rings. The summed E-state index contributed by atoms with van der Waals surface area (Å²) in [4.78, 5) is 26.6. The average Bonchev–Trinajstić information content (AvgIpc) is 3.02. The Bertz CT molecular complexity index is 548. The van der Waals surface area contributed by atoms with Gasteiger partial charge in [-0.05, 0) is 57.0 Å². The number of carbonyl (C=O) groups is 2. The van der Waals surface area contributed by atoms with E-state index in [1.807, 2.05) is 39.1 Å². The van der Waals surface area contributed by atoms with E-state index in [1.165, 1.54) is 11.3 Å². The van der Waals surface area contributed by atoms with Crippen molar-refractivity contribution in [1.82, 2.24) is 10.2 Å². The lowest BCUT2D eigenvalue weighted by Gasteiger charge is -2.24. The van der Waals surface area contributed by atoms with Gasteiger partial charge in [-0.1, -0.05) is 0 Å². The molecule has 1 aromatic rings. The minimum Gasteiger partial charge on any atom is -0.444 e. The maximum Gasteiger partial charge on any atom is 0.410 e. The predicted octanol–water partition coefficient (Wildman–Crippen LogP) is 3.04. The van der Waals surface area contributed by atoms with Crippen LogP contribution < -0.4 is 5.32 Å². The van der Waals surface area contributed by atoms with E-state index in [0.29, 0.717) is 19.6 Å². The summed E-state index contributed by atoms with van der Waals surface area (Å²) in [5, 5.41) is 4.89. The number of likely N-dealkylation sites (tertiary alicyclic amines) is 1. The molecule has 1 unspecified atom stereocenters. The van der Waals surface area contributed by atoms with Crippen LogP contribution in [0.1, 0.15) is 42.4 Å². The summed E-state index contributed by atoms with van der Waals surface area (Å²) in [6.45, 7) is 9.44. The Labute approximate surface area is 135 Å². The Morgan fingerprint density at radius 2 is 2.18 bits per heavy atom. The third-order valence-electron chi connectivity index (χ3n) is 3.56. The van der Waals surface area contributed by atoms with Crippen molar-refractivity contribution < 1.29 is 14.3 Å². The fourth-order valence-corrected chi connectivity index (χ4v) is 3.26. The number of amides is 2. The average molecular weight is 324 g/mol. The monoisotopic (exact) mass is 324 g/mol. The number of thiophene rings is 1. The van der Waals surface area contributed by atoms with Crippen LogP contribution in [0.4, 0.5) is 4.79 Å². The highest BCUT2D eigenvalue weighted by molar-refractivity contribution is 7.12. The maximum absolute atomic E-state index is 12.1. The molecule has 0 bridgehead atoms. The molecule has 2 amide bonds. The Kier molecular flexibility index (Phi) is 5.11. The summed E-state index contributed by atoms with van der Waals surface area (Å²) in [6.07, 6.45) is 0.624. The molecule has 0 saturated carbocycles. The molecule has 0 aliphatic carbocycles. The Morgan fingerprint density at radius 1 is 1.45 bits per heavy atom. The highest BCUT2D eigenvalue weighted by atomic mass is 32.1. The summed E-state index contributed by atoms with van der Waals surface area (Å²) in [5.74, 6) is 0.264. The van der Waals surface area contributed by atoms with Gasteiger partial charge in [0.1, 0.15) is 5.60 Å². The van der Waals surface area contributed by atoms with E-state index >= 15 is 0 Å². The van der Waals surface area contributed by atoms with Gasteiger partial charge in [-0.15, -0.1) is 11.3 Å². The van der Waals surface area contributed by atoms with Crippen molar-refractivity contribution in [2.45, 2.75) is 39.7 Å². The number of rotatable bonds is 3. The lowest BCUT2D eigenvalue weighted by Crippen LogP contribution is -2.36. The smallest absolute Gasteiger partial charge is 0.410 e. The molecule has 0 aromatic carbocycles. The highest BCUT2D eigenvalue weighted by Gasteiger charge is 2.30. The van der Waals surface area contributed by atoms with Crippen LogP contribution >= 0.6 is 11.3 Å². The second-order valence-corrected chi connectivity index (χ2v) is 7.64. The molecule has 2 heterocycles. The normalized spacial score (nSPS) is 18.4. The Morgan fingerprint density at radius 3 is 2.77 bits per heavy atom. The molecule has 2 rings (SSSR count). The molecule has 5 nitrogen and oxygen atoms in total. The zero-order valence-electron chi connectivity index (χ0n) is 13.6. The van der Waals surface area contributed by atoms with Crippen LogP contribution in [-0.4, -0.2) is 42.1 Å². The van der Waals surface area contributed by atoms with Gasteiger partial charge in [0, 0.05) is 19.6 Å². The molecular formula is C16H24N2O3S. The van der Waals surface area contributed by atoms with E-state index in [4.69, 9.17) is 4.74 Å². The van der Waals surface area contributed by atoms with Crippen molar-refractivity contribution in [2.75, 3.05) is 19.6 Å². The standard InChI is InChI=1S/C16H24N2O3S/c1-11-6-8-22-13(11)14(19)17-9-12-5-7-18(10-12)15(20)21-16(2,3)4/h6,8,12H,5,7,9-10H2,1-4H3,(H,17,19). The van der Waals surface area contributed by atoms with Crippen molar-refractivity contribution >= 4 is 23.3 Å². The molecule has 1 atom stereocenters. The Balaban J connectivity index is 1.78. The molecule has 22 heavy (non-hydrogen) atoms. The van der Waals surface area contributed by atoms with E-state index in [0.717, 1.165) is 16.9 Å². The van der Waals surface area contributed by atoms with E-state index in [2.05, 4.69) is 5.32 Å². The number of nitrogens with one attached hydrogen (secondary N) is 1. The van der Waals surface area contributed by atoms with Gasteiger partial charge in [0.15, 0.2) is 0 Å². The van der Waals surface area contributed by atoms with Crippen molar-refractivity contribution in [1.29, 1.82) is 0 Å². The first-order valence-corrected chi connectivity index (χ1v) is 8.44. The molecule has 1 N–H and O–H groups in total. The van der Waals surface area contributed by atoms with Crippen molar-refractivity contribution in [3.63, 3.8) is 0 Å². The number of hydrogen-bond donors (Lipinski definition) is 1. The predicted molar refractivity (Wildman–Crippen MR) is 87.3 cm³/mol. The summed E-state index contributed by atoms with van der Waals surface area (Å²) in [5.41, 5.74) is 0.532. The molecule has 122 valence electrons. The van der Waals surface area contributed by atoms with E-state index in [9.17, 15) is 9.59 Å². The van der Waals surface area contributed by atoms with Gasteiger partial charge in [0.2, 0.25) is 0 Å². The van der Waals surface area contributed by atoms with Gasteiger partial charge < -0.3 is 15.0 Å². The van der Waals surface area contributed by atoms with Gasteiger partial charge >= 0.3 is 6.09 Å². The second kappa shape index (κ2) is 6.69. The topological polar surface area (TPSA) is 58.6 Å². The van der Waals surface area contributed by atoms with Crippen LogP contribution in [0.25, 0.3) is 0 Å². The lowest BCUT2D eigenvalue weighted by molar-refractivity contribution is 0.0288. The number of aryl methyl sites for hydroxylation is 1. The van der Waals surface area contributed by atoms with Gasteiger partial charge in [-0.25, -0.2) is 4.79 Å². The molecule has 0 spiro atoms. The van der Waals surface area contributed by atoms with Gasteiger partial charge in [-0.3, -0.25) is 4.79 Å². The molecule has 1 fully saturated rings. The summed E-state index contributed by atoms with van der Waals surface area (Å²) in [7, 11) is 0. The van der Waals surface area contributed by atoms with Crippen molar-refractivity contribution in [3.05, 3.63) is 21.9 Å². The van der Waals surface area contributed by atoms with E-state index in [1.54, 1.807) is 4.90 Å². The van der Waals surface area contributed by atoms with Crippen molar-refractivity contribution in [3.8, 4) is 0 Å². The zero-order valence-corrected chi connectivity index (χ0v) is 14.5. The zero-order chi connectivity index (χ0) is 16.3. The van der Waals surface area contributed by atoms with Gasteiger partial charge in [-0.2, -0.15) is 0 Å². The van der Waals surface area contributed by atoms with Crippen LogP contribution in [0.2, 0.25) is 0 Å². The quantitative estimate of drug-likeness (QED) is 0.929. The van der Waals surface area contributed by atoms with Crippen LogP contribution in [0.15, 0.2) is 11.4 Å². The third-order valence-corrected chi connectivity index (χ3v) is 4.57. The third kappa shape index (κ3) is 4.47. The molecule has 1 aliphatic heterocycles. The van der Waals surface area contributed by atoms with Gasteiger partial charge in [0.05, 0.1) is 4.88 Å². The van der Waals surface area contributed by atoms with Crippen LogP contribution in [0, 0.1) is 12.8 Å². The number of nitrogens with zero attached hydrogens (tertiary/aromatic N) is 1. The first kappa shape index (κ1) is 16.8. The molecular weight excluding hydrogens is 300 g/mol. The largest absolute Gasteiger partial charge is 0.444 e. The van der Waals surface area contributed by atoms with Crippen LogP contribution in [-0.2, 0) is 4.74 Å². The summed E-state index contributed by atoms with van der Waals surface area (Å²) < 4.78 is 5.37. The fourth-order valence-electron chi connectivity index (χ4n) is 2.41. The molecule has 0 radical (unpaired) electrons. The maximum atomic E-state index is 12.1. The van der Waals surface area contributed by atoms with Crippen LogP contribution in [0.3, 0.4) is 0 Å². The number of ether oxygens (including phenoxy) is 1. The fraction of sp³-hybridized carbons (Fsp3) is 0.625. The van der Waals surface area contributed by atoms with E-state index in [-0.39, 0.29) is 17.9 Å². The van der Waals surface area contributed by atoms with Crippen molar-refractivity contribution in [2.24, 2.45) is 5.92 Å². The van der Waals surface area contributed by atoms with Gasteiger partial charge in [0.25, 0.3) is 5.91 Å². The SMILES string of the molecule is Cc1ccsc1C(=O)NCC1CCN(C(=O)OC(C)(C)C)C1. The minimum absolute atomic E-state index is 0.0248. The Hall–Kier alpha value is -1.56. The summed E-state index contributed by atoms with van der Waals surface area (Å²) >= 11 is 1.46. The molecule has 1 saturated heterocycles. The number of carbonyl (C=O) groups excluding carboxylic acids is 2. The minimum atomic E-state index is -0.472. The first-order chi connectivity index (χ1) is 10.3.